The smallest absolute Gasteiger partial charge is 0.255 e. The molecule has 2 N–H and O–H groups in total. The molecule has 0 aliphatic carbocycles. The predicted octanol–water partition coefficient (Wildman–Crippen LogP) is 2.00. The maximum Gasteiger partial charge on any atom is 0.255 e. The molecule has 1 aliphatic rings. The minimum absolute atomic E-state index is 0.0838. The maximum absolute atomic E-state index is 12.2. The Bertz CT molecular complexity index is 431. The summed E-state index contributed by atoms with van der Waals surface area (Å²) in [5.74, 6) is 0.0838. The molecule has 1 amide bonds. The van der Waals surface area contributed by atoms with Crippen LogP contribution < -0.4 is 10.6 Å². The lowest BCUT2D eigenvalue weighted by atomic mass is 10.1. The van der Waals surface area contributed by atoms with Crippen molar-refractivity contribution in [3.63, 3.8) is 0 Å². The predicted molar refractivity (Wildman–Crippen MR) is 70.7 cm³/mol. The van der Waals surface area contributed by atoms with Crippen molar-refractivity contribution >= 4 is 17.3 Å². The molecule has 0 spiro atoms. The topological polar surface area (TPSA) is 44.4 Å². The molecule has 1 aromatic carbocycles. The number of benzene rings is 1. The monoisotopic (exact) mass is 233 g/mol. The third kappa shape index (κ3) is 2.20. The normalized spacial score (nSPS) is 19.4. The zero-order chi connectivity index (χ0) is 12.4. The van der Waals surface area contributed by atoms with Gasteiger partial charge in [-0.2, -0.15) is 0 Å². The van der Waals surface area contributed by atoms with E-state index in [-0.39, 0.29) is 5.91 Å². The van der Waals surface area contributed by atoms with Gasteiger partial charge >= 0.3 is 0 Å². The van der Waals surface area contributed by atoms with E-state index in [2.05, 4.69) is 17.6 Å². The highest BCUT2D eigenvalue weighted by molar-refractivity contribution is 6.01. The lowest BCUT2D eigenvalue weighted by Gasteiger charge is -2.19. The number of carbonyl (C=O) groups is 1. The zero-order valence-electron chi connectivity index (χ0n) is 10.6. The summed E-state index contributed by atoms with van der Waals surface area (Å²) in [7, 11) is 3.71. The lowest BCUT2D eigenvalue weighted by molar-refractivity contribution is 0.0795. The van der Waals surface area contributed by atoms with Crippen LogP contribution in [0.3, 0.4) is 0 Å². The van der Waals surface area contributed by atoms with Gasteiger partial charge in [0.1, 0.15) is 0 Å². The Kier molecular flexibility index (Phi) is 3.22. The van der Waals surface area contributed by atoms with E-state index in [4.69, 9.17) is 0 Å². The number of nitrogens with zero attached hydrogens (tertiary/aromatic N) is 1. The van der Waals surface area contributed by atoms with E-state index in [1.54, 1.807) is 4.90 Å². The van der Waals surface area contributed by atoms with Gasteiger partial charge in [-0.3, -0.25) is 4.79 Å². The van der Waals surface area contributed by atoms with Crippen LogP contribution in [0.1, 0.15) is 23.7 Å². The molecule has 0 radical (unpaired) electrons. The average Bonchev–Trinajstić information content (AvgIpc) is 2.47. The molecular formula is C13H19N3O. The molecule has 1 atom stereocenters. The minimum Gasteiger partial charge on any atom is -0.388 e. The Hall–Kier alpha value is -1.71. The van der Waals surface area contributed by atoms with Gasteiger partial charge in [-0.25, -0.2) is 0 Å². The number of nitrogens with one attached hydrogen (secondary N) is 2. The minimum atomic E-state index is 0.0838. The second kappa shape index (κ2) is 4.65. The summed E-state index contributed by atoms with van der Waals surface area (Å²) >= 11 is 0. The van der Waals surface area contributed by atoms with Crippen LogP contribution in [0.15, 0.2) is 18.2 Å². The first-order valence-corrected chi connectivity index (χ1v) is 5.99. The fourth-order valence-corrected chi connectivity index (χ4v) is 2.12. The molecule has 0 saturated heterocycles. The summed E-state index contributed by atoms with van der Waals surface area (Å²) in [4.78, 5) is 14.0. The zero-order valence-corrected chi connectivity index (χ0v) is 10.6. The van der Waals surface area contributed by atoms with Gasteiger partial charge in [0.2, 0.25) is 0 Å². The van der Waals surface area contributed by atoms with Crippen molar-refractivity contribution < 1.29 is 4.79 Å². The van der Waals surface area contributed by atoms with Crippen LogP contribution in [-0.2, 0) is 0 Å². The highest BCUT2D eigenvalue weighted by Crippen LogP contribution is 2.25. The van der Waals surface area contributed by atoms with Gasteiger partial charge in [0.05, 0.1) is 5.56 Å². The van der Waals surface area contributed by atoms with Crippen LogP contribution >= 0.6 is 0 Å². The molecule has 92 valence electrons. The second-order valence-corrected chi connectivity index (χ2v) is 4.45. The number of amides is 1. The number of carbonyl (C=O) groups excluding carboxylic acids is 1. The van der Waals surface area contributed by atoms with Gasteiger partial charge in [-0.15, -0.1) is 0 Å². The van der Waals surface area contributed by atoms with Crippen molar-refractivity contribution in [2.24, 2.45) is 0 Å². The Morgan fingerprint density at radius 1 is 1.53 bits per heavy atom. The summed E-state index contributed by atoms with van der Waals surface area (Å²) in [5, 5.41) is 6.49. The Balaban J connectivity index is 2.43. The summed E-state index contributed by atoms with van der Waals surface area (Å²) in [5.41, 5.74) is 2.64. The maximum atomic E-state index is 12.2. The quantitative estimate of drug-likeness (QED) is 0.821. The van der Waals surface area contributed by atoms with Crippen LogP contribution in [0.25, 0.3) is 0 Å². The molecule has 1 aromatic rings. The number of hydrogen-bond donors (Lipinski definition) is 2. The first-order chi connectivity index (χ1) is 8.15. The number of likely N-dealkylation sites (N-methyl/N-ethyl adjacent to an activating group) is 1. The molecule has 0 saturated carbocycles. The van der Waals surface area contributed by atoms with Crippen LogP contribution in [0.2, 0.25) is 0 Å². The van der Waals surface area contributed by atoms with Gasteiger partial charge in [0.15, 0.2) is 0 Å². The summed E-state index contributed by atoms with van der Waals surface area (Å²) in [6, 6.07) is 6.18. The van der Waals surface area contributed by atoms with Crippen molar-refractivity contribution in [3.8, 4) is 0 Å². The van der Waals surface area contributed by atoms with Crippen LogP contribution in [0.4, 0.5) is 11.4 Å². The first-order valence-electron chi connectivity index (χ1n) is 5.99. The SMILES string of the molecule is CCC1CN(C)C(=O)c2cc(NC)ccc2N1. The average molecular weight is 233 g/mol. The van der Waals surface area contributed by atoms with E-state index >= 15 is 0 Å². The van der Waals surface area contributed by atoms with Gasteiger partial charge in [-0.05, 0) is 24.6 Å². The molecule has 4 heteroatoms. The Labute approximate surface area is 102 Å². The molecule has 0 fully saturated rings. The lowest BCUT2D eigenvalue weighted by Crippen LogP contribution is -2.34. The number of anilines is 2. The number of fused-ring (bicyclic) bond motifs is 1. The summed E-state index contributed by atoms with van der Waals surface area (Å²) < 4.78 is 0. The van der Waals surface area contributed by atoms with E-state index in [0.717, 1.165) is 29.9 Å². The fourth-order valence-electron chi connectivity index (χ4n) is 2.12. The first kappa shape index (κ1) is 11.8. The van der Waals surface area contributed by atoms with E-state index in [9.17, 15) is 4.79 Å². The molecule has 1 unspecified atom stereocenters. The number of hydrogen-bond acceptors (Lipinski definition) is 3. The van der Waals surface area contributed by atoms with Crippen LogP contribution in [0.5, 0.6) is 0 Å². The van der Waals surface area contributed by atoms with Crippen LogP contribution in [-0.4, -0.2) is 37.5 Å². The van der Waals surface area contributed by atoms with Gasteiger partial charge in [0, 0.05) is 38.1 Å². The largest absolute Gasteiger partial charge is 0.388 e. The Morgan fingerprint density at radius 2 is 2.29 bits per heavy atom. The molecule has 1 aliphatic heterocycles. The van der Waals surface area contributed by atoms with Crippen molar-refractivity contribution in [2.75, 3.05) is 31.3 Å². The standard InChI is InChI=1S/C13H19N3O/c1-4-9-8-16(3)13(17)11-7-10(14-2)5-6-12(11)15-9/h5-7,9,14-15H,4,8H2,1-3H3. The molecule has 17 heavy (non-hydrogen) atoms. The van der Waals surface area contributed by atoms with Crippen molar-refractivity contribution in [2.45, 2.75) is 19.4 Å². The highest BCUT2D eigenvalue weighted by Gasteiger charge is 2.24. The van der Waals surface area contributed by atoms with E-state index in [1.165, 1.54) is 0 Å². The van der Waals surface area contributed by atoms with Gasteiger partial charge in [-0.1, -0.05) is 6.92 Å². The molecule has 4 nitrogen and oxygen atoms in total. The summed E-state index contributed by atoms with van der Waals surface area (Å²) in [6.45, 7) is 2.88. The van der Waals surface area contributed by atoms with Crippen molar-refractivity contribution in [3.05, 3.63) is 23.8 Å². The Morgan fingerprint density at radius 3 is 2.94 bits per heavy atom. The molecule has 0 aromatic heterocycles. The highest BCUT2D eigenvalue weighted by atomic mass is 16.2. The van der Waals surface area contributed by atoms with E-state index in [0.29, 0.717) is 6.04 Å². The van der Waals surface area contributed by atoms with Gasteiger partial charge < -0.3 is 15.5 Å². The van der Waals surface area contributed by atoms with E-state index < -0.39 is 0 Å². The second-order valence-electron chi connectivity index (χ2n) is 4.45. The fraction of sp³-hybridized carbons (Fsp3) is 0.462. The number of rotatable bonds is 2. The van der Waals surface area contributed by atoms with Gasteiger partial charge in [0.25, 0.3) is 5.91 Å². The third-order valence-electron chi connectivity index (χ3n) is 3.23. The van der Waals surface area contributed by atoms with Crippen molar-refractivity contribution in [1.29, 1.82) is 0 Å². The molecular weight excluding hydrogens is 214 g/mol. The van der Waals surface area contributed by atoms with E-state index in [1.807, 2.05) is 32.3 Å². The van der Waals surface area contributed by atoms with Crippen LogP contribution in [0, 0.1) is 0 Å². The van der Waals surface area contributed by atoms with Crippen molar-refractivity contribution in [1.82, 2.24) is 4.90 Å². The molecule has 0 bridgehead atoms. The third-order valence-corrected chi connectivity index (χ3v) is 3.23. The molecule has 2 rings (SSSR count). The summed E-state index contributed by atoms with van der Waals surface area (Å²) in [6.07, 6.45) is 1.00. The molecule has 1 heterocycles.